The largest absolute Gasteiger partial charge is 0.759 e. The Labute approximate surface area is 232 Å². The summed E-state index contributed by atoms with van der Waals surface area (Å²) < 4.78 is 25.6. The van der Waals surface area contributed by atoms with E-state index in [4.69, 9.17) is 5.26 Å². The van der Waals surface area contributed by atoms with Crippen molar-refractivity contribution in [2.45, 2.75) is 26.4 Å². The molecule has 0 amide bonds. The van der Waals surface area contributed by atoms with Gasteiger partial charge < -0.3 is 19.5 Å². The van der Waals surface area contributed by atoms with Gasteiger partial charge in [0.2, 0.25) is 0 Å². The molecule has 0 aliphatic carbocycles. The number of piperazine rings is 1. The van der Waals surface area contributed by atoms with Gasteiger partial charge in [0, 0.05) is 54.3 Å². The third-order valence-corrected chi connectivity index (χ3v) is 7.37. The highest BCUT2D eigenvalue weighted by Gasteiger charge is 2.35. The van der Waals surface area contributed by atoms with E-state index in [0.717, 1.165) is 20.2 Å². The van der Waals surface area contributed by atoms with Crippen molar-refractivity contribution in [3.05, 3.63) is 74.4 Å². The molecule has 3 aromatic rings. The lowest BCUT2D eigenvalue weighted by Gasteiger charge is -2.45. The molecule has 0 spiro atoms. The van der Waals surface area contributed by atoms with Gasteiger partial charge in [0.15, 0.2) is 0 Å². The lowest BCUT2D eigenvalue weighted by Crippen LogP contribution is -2.60. The topological polar surface area (TPSA) is 166 Å². The number of nitriles is 1. The number of rotatable bonds is 7. The zero-order chi connectivity index (χ0) is 29.0. The lowest BCUT2D eigenvalue weighted by atomic mass is 10.1. The maximum absolute atomic E-state index is 12.6. The van der Waals surface area contributed by atoms with Crippen LogP contribution in [0.4, 0.5) is 5.69 Å². The van der Waals surface area contributed by atoms with Gasteiger partial charge in [-0.3, -0.25) is 13.8 Å². The van der Waals surface area contributed by atoms with Crippen LogP contribution in [-0.4, -0.2) is 71.0 Å². The molecule has 1 fully saturated rings. The second kappa shape index (κ2) is 12.3. The van der Waals surface area contributed by atoms with Crippen molar-refractivity contribution in [2.75, 3.05) is 31.1 Å². The fourth-order valence-electron chi connectivity index (χ4n) is 4.59. The van der Waals surface area contributed by atoms with Crippen LogP contribution in [0.5, 0.6) is 0 Å². The van der Waals surface area contributed by atoms with Crippen LogP contribution in [-0.2, 0) is 22.6 Å². The maximum Gasteiger partial charge on any atom is 0.329 e. The Hall–Kier alpha value is -4.27. The van der Waals surface area contributed by atoms with E-state index in [1.165, 1.54) is 0 Å². The van der Waals surface area contributed by atoms with Gasteiger partial charge in [-0.25, -0.2) is 14.4 Å². The van der Waals surface area contributed by atoms with Gasteiger partial charge in [0.1, 0.15) is 12.6 Å². The van der Waals surface area contributed by atoms with Crippen molar-refractivity contribution in [1.82, 2.24) is 19.0 Å². The quantitative estimate of drug-likeness (QED) is 0.313. The number of H-pyrrole nitrogens is 1. The molecular formula is C27H27N6O6S-. The highest BCUT2D eigenvalue weighted by molar-refractivity contribution is 7.76. The van der Waals surface area contributed by atoms with Crippen molar-refractivity contribution in [3.8, 4) is 17.9 Å². The fraction of sp³-hybridized carbons (Fsp3) is 0.333. The van der Waals surface area contributed by atoms with E-state index in [9.17, 15) is 28.3 Å². The first-order valence-electron chi connectivity index (χ1n) is 12.5. The summed E-state index contributed by atoms with van der Waals surface area (Å²) in [6, 6.07) is 13.0. The molecule has 0 saturated carbocycles. The second-order valence-corrected chi connectivity index (χ2v) is 10.3. The summed E-state index contributed by atoms with van der Waals surface area (Å²) in [6.07, 6.45) is 0. The highest BCUT2D eigenvalue weighted by atomic mass is 32.2. The monoisotopic (exact) mass is 563 g/mol. The SMILES string of the molecule is CC(C)C(C(=O)O)N(N1CCN(c2ccc(C#Cc3ccc4[nH]c(=O)n(CC#N)c(=O)c4c3)cc2)CC1)S(=O)[O-]. The molecule has 1 aromatic heterocycles. The number of nitrogens with one attached hydrogen (secondary N) is 1. The summed E-state index contributed by atoms with van der Waals surface area (Å²) in [6.45, 7) is 4.70. The first kappa shape index (κ1) is 28.7. The molecular weight excluding hydrogens is 536 g/mol. The van der Waals surface area contributed by atoms with Crippen LogP contribution in [0, 0.1) is 29.1 Å². The number of aliphatic carboxylic acids is 1. The molecule has 2 heterocycles. The molecule has 4 rings (SSSR count). The molecule has 12 nitrogen and oxygen atoms in total. The summed E-state index contributed by atoms with van der Waals surface area (Å²) in [5.74, 6) is 4.48. The molecule has 2 atom stereocenters. The summed E-state index contributed by atoms with van der Waals surface area (Å²) in [4.78, 5) is 41.0. The Morgan fingerprint density at radius 3 is 2.30 bits per heavy atom. The van der Waals surface area contributed by atoms with Crippen LogP contribution in [0.25, 0.3) is 10.9 Å². The predicted octanol–water partition coefficient (Wildman–Crippen LogP) is 0.855. The lowest BCUT2D eigenvalue weighted by molar-refractivity contribution is -0.149. The smallest absolute Gasteiger partial charge is 0.329 e. The average molecular weight is 564 g/mol. The Morgan fingerprint density at radius 2 is 1.73 bits per heavy atom. The summed E-state index contributed by atoms with van der Waals surface area (Å²) >= 11 is -2.71. The van der Waals surface area contributed by atoms with E-state index < -0.39 is 40.4 Å². The number of aromatic nitrogens is 2. The Morgan fingerprint density at radius 1 is 1.10 bits per heavy atom. The van der Waals surface area contributed by atoms with Crippen molar-refractivity contribution in [2.24, 2.45) is 5.92 Å². The normalized spacial score (nSPS) is 15.4. The number of carboxylic acid groups (broad SMARTS) is 1. The highest BCUT2D eigenvalue weighted by Crippen LogP contribution is 2.21. The number of benzene rings is 2. The standard InChI is InChI=1S/C27H28N6O6S/c1-18(2)24(26(35)36)33(40(38)39)31-15-13-30(14-16-31)21-8-5-19(6-9-21)3-4-20-7-10-23-22(17-20)25(34)32(12-11-28)27(37)29-23/h5-10,17-18,24H,12-16H2,1-2H3,(H,29,37)(H,35,36)(H,38,39)/p-1. The van der Waals surface area contributed by atoms with Crippen LogP contribution in [0.1, 0.15) is 25.0 Å². The van der Waals surface area contributed by atoms with Crippen LogP contribution in [0.3, 0.4) is 0 Å². The summed E-state index contributed by atoms with van der Waals surface area (Å²) in [5.41, 5.74) is 1.40. The molecule has 2 aromatic carbocycles. The third-order valence-electron chi connectivity index (χ3n) is 6.60. The van der Waals surface area contributed by atoms with Crippen molar-refractivity contribution >= 4 is 33.8 Å². The summed E-state index contributed by atoms with van der Waals surface area (Å²) in [5, 5.41) is 20.3. The number of hydrogen-bond donors (Lipinski definition) is 2. The number of carboxylic acids is 1. The zero-order valence-electron chi connectivity index (χ0n) is 21.9. The van der Waals surface area contributed by atoms with Crippen LogP contribution in [0.15, 0.2) is 52.1 Å². The number of carbonyl (C=O) groups is 1. The maximum atomic E-state index is 12.6. The molecule has 1 aliphatic rings. The van der Waals surface area contributed by atoms with Crippen molar-refractivity contribution in [3.63, 3.8) is 0 Å². The van der Waals surface area contributed by atoms with Crippen molar-refractivity contribution < 1.29 is 18.7 Å². The van der Waals surface area contributed by atoms with E-state index in [1.807, 2.05) is 24.3 Å². The van der Waals surface area contributed by atoms with Crippen LogP contribution < -0.4 is 16.1 Å². The molecule has 13 heteroatoms. The number of anilines is 1. The van der Waals surface area contributed by atoms with Crippen LogP contribution >= 0.6 is 0 Å². The minimum absolute atomic E-state index is 0.263. The first-order valence-corrected chi connectivity index (χ1v) is 13.5. The zero-order valence-corrected chi connectivity index (χ0v) is 22.7. The number of hydrazine groups is 1. The average Bonchev–Trinajstić information content (AvgIpc) is 2.93. The minimum Gasteiger partial charge on any atom is -0.759 e. The number of aromatic amines is 1. The van der Waals surface area contributed by atoms with Gasteiger partial charge in [-0.05, 0) is 48.4 Å². The van der Waals surface area contributed by atoms with Gasteiger partial charge in [0.05, 0.1) is 17.0 Å². The summed E-state index contributed by atoms with van der Waals surface area (Å²) in [7, 11) is 0. The van der Waals surface area contributed by atoms with E-state index >= 15 is 0 Å². The molecule has 0 radical (unpaired) electrons. The van der Waals surface area contributed by atoms with Gasteiger partial charge in [-0.15, -0.1) is 0 Å². The molecule has 2 N–H and O–H groups in total. The van der Waals surface area contributed by atoms with E-state index in [0.29, 0.717) is 37.3 Å². The second-order valence-electron chi connectivity index (χ2n) is 9.52. The fourth-order valence-corrected chi connectivity index (χ4v) is 5.46. The number of fused-ring (bicyclic) bond motifs is 1. The molecule has 2 unspecified atom stereocenters. The van der Waals surface area contributed by atoms with Crippen molar-refractivity contribution in [1.29, 1.82) is 5.26 Å². The molecule has 0 bridgehead atoms. The molecule has 40 heavy (non-hydrogen) atoms. The predicted molar refractivity (Wildman–Crippen MR) is 148 cm³/mol. The Bertz CT molecular complexity index is 1660. The third kappa shape index (κ3) is 6.14. The van der Waals surface area contributed by atoms with E-state index in [1.54, 1.807) is 43.1 Å². The first-order chi connectivity index (χ1) is 19.1. The van der Waals surface area contributed by atoms with Gasteiger partial charge in [-0.1, -0.05) is 25.7 Å². The Kier molecular flexibility index (Phi) is 8.82. The van der Waals surface area contributed by atoms with E-state index in [-0.39, 0.29) is 11.9 Å². The molecule has 1 aliphatic heterocycles. The minimum atomic E-state index is -2.71. The Balaban J connectivity index is 1.46. The number of nitrogens with zero attached hydrogens (tertiary/aromatic N) is 5. The number of hydrogen-bond acceptors (Lipinski definition) is 8. The molecule has 1 saturated heterocycles. The van der Waals surface area contributed by atoms with Gasteiger partial charge >= 0.3 is 11.7 Å². The molecule has 208 valence electrons. The van der Waals surface area contributed by atoms with Gasteiger partial charge in [-0.2, -0.15) is 9.68 Å². The van der Waals surface area contributed by atoms with Crippen LogP contribution in [0.2, 0.25) is 0 Å². The van der Waals surface area contributed by atoms with Gasteiger partial charge in [0.25, 0.3) is 5.56 Å². The van der Waals surface area contributed by atoms with E-state index in [2.05, 4.69) is 21.7 Å².